The van der Waals surface area contributed by atoms with E-state index in [9.17, 15) is 0 Å². The van der Waals surface area contributed by atoms with Crippen LogP contribution in [0.25, 0.3) is 0 Å². The first kappa shape index (κ1) is 17.0. The molecule has 0 spiro atoms. The number of benzene rings is 1. The van der Waals surface area contributed by atoms with Crippen molar-refractivity contribution in [1.82, 2.24) is 5.32 Å². The Morgan fingerprint density at radius 1 is 1.10 bits per heavy atom. The largest absolute Gasteiger partial charge is 0.494 e. The van der Waals surface area contributed by atoms with Gasteiger partial charge >= 0.3 is 0 Å². The van der Waals surface area contributed by atoms with Gasteiger partial charge in [-0.15, -0.1) is 0 Å². The molecular weight excluding hydrogens is 246 g/mol. The minimum absolute atomic E-state index is 0.316. The first-order valence-corrected chi connectivity index (χ1v) is 7.92. The fraction of sp³-hybridized carbons (Fsp3) is 0.667. The van der Waals surface area contributed by atoms with Gasteiger partial charge in [0, 0.05) is 12.6 Å². The monoisotopic (exact) mass is 277 g/mol. The maximum absolute atomic E-state index is 5.71. The van der Waals surface area contributed by atoms with Crippen molar-refractivity contribution in [2.45, 2.75) is 59.9 Å². The van der Waals surface area contributed by atoms with Crippen LogP contribution in [0.2, 0.25) is 0 Å². The number of hydrogen-bond acceptors (Lipinski definition) is 2. The van der Waals surface area contributed by atoms with E-state index in [4.69, 9.17) is 4.74 Å². The van der Waals surface area contributed by atoms with E-state index in [1.165, 1.54) is 12.0 Å². The molecule has 0 aliphatic carbocycles. The highest BCUT2D eigenvalue weighted by Gasteiger charge is 2.14. The second kappa shape index (κ2) is 8.31. The normalized spacial score (nSPS) is 13.2. The van der Waals surface area contributed by atoms with Crippen molar-refractivity contribution >= 4 is 0 Å². The first-order valence-electron chi connectivity index (χ1n) is 7.92. The second-order valence-corrected chi connectivity index (χ2v) is 6.67. The number of unbranched alkanes of at least 4 members (excludes halogenated alkanes) is 1. The van der Waals surface area contributed by atoms with Crippen LogP contribution in [-0.4, -0.2) is 13.2 Å². The van der Waals surface area contributed by atoms with Gasteiger partial charge in [-0.2, -0.15) is 0 Å². The molecule has 0 radical (unpaired) electrons. The molecule has 0 aliphatic heterocycles. The van der Waals surface area contributed by atoms with Crippen LogP contribution >= 0.6 is 0 Å². The van der Waals surface area contributed by atoms with E-state index in [2.05, 4.69) is 64.2 Å². The molecule has 2 nitrogen and oxygen atoms in total. The summed E-state index contributed by atoms with van der Waals surface area (Å²) in [5.74, 6) is 0.980. The third-order valence-electron chi connectivity index (χ3n) is 3.34. The van der Waals surface area contributed by atoms with Crippen LogP contribution in [-0.2, 0) is 0 Å². The Hall–Kier alpha value is -1.02. The summed E-state index contributed by atoms with van der Waals surface area (Å²) in [6.45, 7) is 13.0. The molecule has 0 fully saturated rings. The highest BCUT2D eigenvalue weighted by atomic mass is 16.5. The molecule has 0 saturated heterocycles. The highest BCUT2D eigenvalue weighted by Crippen LogP contribution is 2.22. The molecular formula is C18H31NO. The lowest BCUT2D eigenvalue weighted by molar-refractivity contribution is 0.309. The first-order chi connectivity index (χ1) is 9.46. The lowest BCUT2D eigenvalue weighted by Gasteiger charge is -2.24. The molecule has 1 rings (SSSR count). The fourth-order valence-electron chi connectivity index (χ4n) is 2.06. The van der Waals surface area contributed by atoms with Crippen molar-refractivity contribution in [3.8, 4) is 5.75 Å². The van der Waals surface area contributed by atoms with Crippen molar-refractivity contribution in [1.29, 1.82) is 0 Å². The SMILES string of the molecule is CCCCOc1ccc(C(CC)NCC(C)(C)C)cc1. The Labute approximate surface area is 124 Å². The third kappa shape index (κ3) is 6.42. The minimum atomic E-state index is 0.316. The molecule has 1 N–H and O–H groups in total. The van der Waals surface area contributed by atoms with Gasteiger partial charge in [0.05, 0.1) is 6.61 Å². The van der Waals surface area contributed by atoms with E-state index in [1.807, 2.05) is 0 Å². The molecule has 114 valence electrons. The van der Waals surface area contributed by atoms with Gasteiger partial charge in [-0.3, -0.25) is 0 Å². The molecule has 0 bridgehead atoms. The summed E-state index contributed by atoms with van der Waals surface area (Å²) in [6, 6.07) is 8.98. The molecule has 1 aromatic carbocycles. The summed E-state index contributed by atoms with van der Waals surface area (Å²) >= 11 is 0. The average Bonchev–Trinajstić information content (AvgIpc) is 2.40. The summed E-state index contributed by atoms with van der Waals surface area (Å²) in [7, 11) is 0. The standard InChI is InChI=1S/C18H31NO/c1-6-8-13-20-16-11-9-15(10-12-16)17(7-2)19-14-18(3,4)5/h9-12,17,19H,6-8,13-14H2,1-5H3. The minimum Gasteiger partial charge on any atom is -0.494 e. The van der Waals surface area contributed by atoms with Crippen molar-refractivity contribution < 1.29 is 4.74 Å². The molecule has 0 saturated carbocycles. The molecule has 2 heteroatoms. The summed E-state index contributed by atoms with van der Waals surface area (Å²) in [6.07, 6.45) is 3.39. The predicted octanol–water partition coefficient (Wildman–Crippen LogP) is 4.95. The van der Waals surface area contributed by atoms with Gasteiger partial charge in [0.15, 0.2) is 0 Å². The van der Waals surface area contributed by atoms with Crippen molar-refractivity contribution in [3.05, 3.63) is 29.8 Å². The van der Waals surface area contributed by atoms with Crippen LogP contribution in [0.15, 0.2) is 24.3 Å². The van der Waals surface area contributed by atoms with Gasteiger partial charge in [-0.05, 0) is 36.0 Å². The van der Waals surface area contributed by atoms with Gasteiger partial charge in [0.2, 0.25) is 0 Å². The second-order valence-electron chi connectivity index (χ2n) is 6.67. The Morgan fingerprint density at radius 2 is 1.75 bits per heavy atom. The molecule has 1 aromatic rings. The van der Waals surface area contributed by atoms with E-state index in [0.29, 0.717) is 11.5 Å². The summed E-state index contributed by atoms with van der Waals surface area (Å²) in [5.41, 5.74) is 1.66. The summed E-state index contributed by atoms with van der Waals surface area (Å²) < 4.78 is 5.71. The smallest absolute Gasteiger partial charge is 0.119 e. The van der Waals surface area contributed by atoms with Crippen molar-refractivity contribution in [2.24, 2.45) is 5.41 Å². The van der Waals surface area contributed by atoms with E-state index in [-0.39, 0.29) is 0 Å². The number of rotatable bonds is 8. The van der Waals surface area contributed by atoms with Gasteiger partial charge in [-0.25, -0.2) is 0 Å². The number of hydrogen-bond donors (Lipinski definition) is 1. The van der Waals surface area contributed by atoms with Crippen LogP contribution in [0.4, 0.5) is 0 Å². The summed E-state index contributed by atoms with van der Waals surface area (Å²) in [4.78, 5) is 0. The zero-order valence-electron chi connectivity index (χ0n) is 13.8. The molecule has 0 aliphatic rings. The molecule has 20 heavy (non-hydrogen) atoms. The zero-order valence-corrected chi connectivity index (χ0v) is 13.8. The molecule has 0 heterocycles. The lowest BCUT2D eigenvalue weighted by atomic mass is 9.95. The third-order valence-corrected chi connectivity index (χ3v) is 3.34. The molecule has 1 atom stereocenters. The average molecular weight is 277 g/mol. The number of nitrogens with one attached hydrogen (secondary N) is 1. The Bertz CT molecular complexity index is 364. The van der Waals surface area contributed by atoms with Crippen LogP contribution in [0.3, 0.4) is 0 Å². The number of ether oxygens (including phenoxy) is 1. The molecule has 0 amide bonds. The maximum Gasteiger partial charge on any atom is 0.119 e. The van der Waals surface area contributed by atoms with Gasteiger partial charge in [0.1, 0.15) is 5.75 Å². The maximum atomic E-state index is 5.71. The lowest BCUT2D eigenvalue weighted by Crippen LogP contribution is -2.30. The summed E-state index contributed by atoms with van der Waals surface area (Å²) in [5, 5.41) is 3.66. The van der Waals surface area contributed by atoms with Crippen molar-refractivity contribution in [2.75, 3.05) is 13.2 Å². The van der Waals surface area contributed by atoms with Crippen LogP contribution in [0.5, 0.6) is 5.75 Å². The van der Waals surface area contributed by atoms with E-state index in [1.54, 1.807) is 0 Å². The van der Waals surface area contributed by atoms with E-state index < -0.39 is 0 Å². The Kier molecular flexibility index (Phi) is 7.08. The predicted molar refractivity (Wildman–Crippen MR) is 87.3 cm³/mol. The fourth-order valence-corrected chi connectivity index (χ4v) is 2.06. The van der Waals surface area contributed by atoms with Gasteiger partial charge in [0.25, 0.3) is 0 Å². The molecule has 0 aromatic heterocycles. The van der Waals surface area contributed by atoms with Crippen molar-refractivity contribution in [3.63, 3.8) is 0 Å². The topological polar surface area (TPSA) is 21.3 Å². The van der Waals surface area contributed by atoms with Crippen LogP contribution in [0, 0.1) is 5.41 Å². The Balaban J connectivity index is 2.55. The van der Waals surface area contributed by atoms with Gasteiger partial charge in [-0.1, -0.05) is 53.2 Å². The molecule has 1 unspecified atom stereocenters. The Morgan fingerprint density at radius 3 is 2.25 bits per heavy atom. The van der Waals surface area contributed by atoms with Crippen LogP contribution < -0.4 is 10.1 Å². The van der Waals surface area contributed by atoms with Crippen LogP contribution in [0.1, 0.15) is 65.5 Å². The quantitative estimate of drug-likeness (QED) is 0.679. The van der Waals surface area contributed by atoms with E-state index in [0.717, 1.165) is 31.7 Å². The highest BCUT2D eigenvalue weighted by molar-refractivity contribution is 5.29. The zero-order chi connectivity index (χ0) is 15.0. The van der Waals surface area contributed by atoms with E-state index >= 15 is 0 Å². The van der Waals surface area contributed by atoms with Gasteiger partial charge < -0.3 is 10.1 Å².